The van der Waals surface area contributed by atoms with E-state index in [9.17, 15) is 18.0 Å². The third-order valence-corrected chi connectivity index (χ3v) is 1.95. The zero-order valence-corrected chi connectivity index (χ0v) is 9.01. The summed E-state index contributed by atoms with van der Waals surface area (Å²) in [6.45, 7) is 0.130. The van der Waals surface area contributed by atoms with Crippen molar-refractivity contribution in [2.24, 2.45) is 0 Å². The molecule has 0 aliphatic rings. The van der Waals surface area contributed by atoms with Gasteiger partial charge in [-0.05, 0) is 19.9 Å². The van der Waals surface area contributed by atoms with Gasteiger partial charge in [-0.2, -0.15) is 13.2 Å². The lowest BCUT2D eigenvalue weighted by atomic mass is 10.2. The third-order valence-electron chi connectivity index (χ3n) is 1.95. The molecule has 96 valence electrons. The smallest absolute Gasteiger partial charge is 0.389 e. The number of aliphatic carboxylic acids is 1. The molecule has 1 unspecified atom stereocenters. The van der Waals surface area contributed by atoms with Crippen molar-refractivity contribution < 1.29 is 27.8 Å². The Bertz CT molecular complexity index is 209. The number of nitrogens with one attached hydrogen (secondary N) is 1. The number of carboxylic acid groups (broad SMARTS) is 1. The second kappa shape index (κ2) is 7.45. The zero-order valence-electron chi connectivity index (χ0n) is 9.01. The highest BCUT2D eigenvalue weighted by Crippen LogP contribution is 2.20. The Morgan fingerprint density at radius 3 is 2.50 bits per heavy atom. The summed E-state index contributed by atoms with van der Waals surface area (Å²) >= 11 is 0. The lowest BCUT2D eigenvalue weighted by Gasteiger charge is -2.11. The molecule has 0 spiro atoms. The van der Waals surface area contributed by atoms with E-state index in [2.05, 4.69) is 5.32 Å². The molecule has 0 amide bonds. The van der Waals surface area contributed by atoms with Gasteiger partial charge in [0.1, 0.15) is 6.04 Å². The van der Waals surface area contributed by atoms with E-state index < -0.39 is 24.6 Å². The Kier molecular flexibility index (Phi) is 7.07. The number of ether oxygens (including phenoxy) is 1. The molecule has 16 heavy (non-hydrogen) atoms. The average molecular weight is 243 g/mol. The van der Waals surface area contributed by atoms with Gasteiger partial charge in [0, 0.05) is 19.6 Å². The van der Waals surface area contributed by atoms with Crippen LogP contribution < -0.4 is 5.32 Å². The molecule has 7 heteroatoms. The van der Waals surface area contributed by atoms with Crippen molar-refractivity contribution in [3.8, 4) is 0 Å². The molecule has 0 radical (unpaired) electrons. The maximum Gasteiger partial charge on any atom is 0.389 e. The van der Waals surface area contributed by atoms with E-state index in [0.29, 0.717) is 0 Å². The molecular formula is C9H16F3NO3. The normalized spacial score (nSPS) is 13.8. The van der Waals surface area contributed by atoms with Crippen LogP contribution in [0, 0.1) is 0 Å². The van der Waals surface area contributed by atoms with Crippen LogP contribution in [-0.4, -0.2) is 43.6 Å². The number of likely N-dealkylation sites (N-methyl/N-ethyl adjacent to an activating group) is 1. The lowest BCUT2D eigenvalue weighted by molar-refractivity contribution is -0.139. The van der Waals surface area contributed by atoms with Gasteiger partial charge in [0.15, 0.2) is 0 Å². The van der Waals surface area contributed by atoms with E-state index in [1.54, 1.807) is 0 Å². The number of carbonyl (C=O) groups is 1. The zero-order chi connectivity index (χ0) is 12.6. The summed E-state index contributed by atoms with van der Waals surface area (Å²) in [6, 6.07) is -0.720. The summed E-state index contributed by atoms with van der Waals surface area (Å²) in [6.07, 6.45) is -4.89. The third kappa shape index (κ3) is 8.49. The predicted octanol–water partition coefficient (Wildman–Crippen LogP) is 1.41. The fraction of sp³-hybridized carbons (Fsp3) is 0.889. The van der Waals surface area contributed by atoms with Crippen molar-refractivity contribution in [2.75, 3.05) is 20.3 Å². The maximum atomic E-state index is 11.7. The minimum absolute atomic E-state index is 0.00440. The second-order valence-electron chi connectivity index (χ2n) is 3.30. The first-order chi connectivity index (χ1) is 7.37. The van der Waals surface area contributed by atoms with Crippen molar-refractivity contribution in [3.63, 3.8) is 0 Å². The van der Waals surface area contributed by atoms with Crippen molar-refractivity contribution in [1.82, 2.24) is 5.32 Å². The van der Waals surface area contributed by atoms with E-state index >= 15 is 0 Å². The Hall–Kier alpha value is -0.820. The van der Waals surface area contributed by atoms with Gasteiger partial charge in [0.25, 0.3) is 0 Å². The summed E-state index contributed by atoms with van der Waals surface area (Å²) in [5, 5.41) is 11.2. The fourth-order valence-electron chi connectivity index (χ4n) is 1.07. The fourth-order valence-corrected chi connectivity index (χ4v) is 1.07. The minimum Gasteiger partial charge on any atom is -0.480 e. The van der Waals surface area contributed by atoms with Crippen LogP contribution in [0.25, 0.3) is 0 Å². The molecule has 0 aliphatic heterocycles. The van der Waals surface area contributed by atoms with Crippen LogP contribution >= 0.6 is 0 Å². The van der Waals surface area contributed by atoms with Crippen molar-refractivity contribution in [3.05, 3.63) is 0 Å². The number of hydrogen-bond donors (Lipinski definition) is 2. The van der Waals surface area contributed by atoms with Crippen LogP contribution in [0.15, 0.2) is 0 Å². The van der Waals surface area contributed by atoms with Gasteiger partial charge in [-0.1, -0.05) is 0 Å². The Morgan fingerprint density at radius 2 is 2.06 bits per heavy atom. The molecule has 0 fully saturated rings. The number of carboxylic acids is 1. The summed E-state index contributed by atoms with van der Waals surface area (Å²) in [5.74, 6) is -0.999. The molecule has 0 saturated heterocycles. The van der Waals surface area contributed by atoms with Crippen LogP contribution in [0.2, 0.25) is 0 Å². The van der Waals surface area contributed by atoms with Crippen LogP contribution in [0.3, 0.4) is 0 Å². The highest BCUT2D eigenvalue weighted by atomic mass is 19.4. The SMILES string of the molecule is CNC(CCOCCCC(F)(F)F)C(=O)O. The van der Waals surface area contributed by atoms with Crippen molar-refractivity contribution in [2.45, 2.75) is 31.5 Å². The first-order valence-corrected chi connectivity index (χ1v) is 4.91. The molecule has 0 aromatic heterocycles. The van der Waals surface area contributed by atoms with Crippen LogP contribution in [0.5, 0.6) is 0 Å². The number of alkyl halides is 3. The van der Waals surface area contributed by atoms with E-state index in [0.717, 1.165) is 0 Å². The molecular weight excluding hydrogens is 227 g/mol. The second-order valence-corrected chi connectivity index (χ2v) is 3.30. The molecule has 4 nitrogen and oxygen atoms in total. The molecule has 2 N–H and O–H groups in total. The summed E-state index contributed by atoms with van der Waals surface area (Å²) in [7, 11) is 1.50. The minimum atomic E-state index is -4.15. The molecule has 1 atom stereocenters. The van der Waals surface area contributed by atoms with Gasteiger partial charge in [-0.3, -0.25) is 4.79 Å². The topological polar surface area (TPSA) is 58.6 Å². The van der Waals surface area contributed by atoms with Gasteiger partial charge in [-0.15, -0.1) is 0 Å². The monoisotopic (exact) mass is 243 g/mol. The molecule has 0 aromatic carbocycles. The summed E-state index contributed by atoms with van der Waals surface area (Å²) in [5.41, 5.74) is 0. The first kappa shape index (κ1) is 15.2. The average Bonchev–Trinajstić information content (AvgIpc) is 2.14. The molecule has 0 saturated carbocycles. The van der Waals surface area contributed by atoms with Gasteiger partial charge in [-0.25, -0.2) is 0 Å². The Labute approximate surface area is 91.8 Å². The van der Waals surface area contributed by atoms with Gasteiger partial charge < -0.3 is 15.2 Å². The lowest BCUT2D eigenvalue weighted by Crippen LogP contribution is -2.34. The molecule has 0 bridgehead atoms. The maximum absolute atomic E-state index is 11.7. The molecule has 0 aliphatic carbocycles. The predicted molar refractivity (Wildman–Crippen MR) is 51.2 cm³/mol. The van der Waals surface area contributed by atoms with E-state index in [4.69, 9.17) is 9.84 Å². The summed E-state index contributed by atoms with van der Waals surface area (Å²) in [4.78, 5) is 10.5. The largest absolute Gasteiger partial charge is 0.480 e. The van der Waals surface area contributed by atoms with E-state index in [1.165, 1.54) is 7.05 Å². The van der Waals surface area contributed by atoms with Crippen LogP contribution in [0.4, 0.5) is 13.2 Å². The van der Waals surface area contributed by atoms with Gasteiger partial charge in [0.05, 0.1) is 0 Å². The number of halogens is 3. The highest BCUT2D eigenvalue weighted by Gasteiger charge is 2.25. The molecule has 0 rings (SSSR count). The van der Waals surface area contributed by atoms with Crippen molar-refractivity contribution >= 4 is 5.97 Å². The number of rotatable bonds is 8. The Morgan fingerprint density at radius 1 is 1.44 bits per heavy atom. The highest BCUT2D eigenvalue weighted by molar-refractivity contribution is 5.73. The molecule has 0 heterocycles. The van der Waals surface area contributed by atoms with Crippen LogP contribution in [-0.2, 0) is 9.53 Å². The quantitative estimate of drug-likeness (QED) is 0.633. The van der Waals surface area contributed by atoms with E-state index in [-0.39, 0.29) is 26.1 Å². The number of hydrogen-bond acceptors (Lipinski definition) is 3. The van der Waals surface area contributed by atoms with E-state index in [1.807, 2.05) is 0 Å². The Balaban J connectivity index is 3.43. The van der Waals surface area contributed by atoms with Gasteiger partial charge >= 0.3 is 12.1 Å². The van der Waals surface area contributed by atoms with Crippen molar-refractivity contribution in [1.29, 1.82) is 0 Å². The first-order valence-electron chi connectivity index (χ1n) is 4.91. The molecule has 0 aromatic rings. The standard InChI is InChI=1S/C9H16F3NO3/c1-13-7(8(14)15)3-6-16-5-2-4-9(10,11)12/h7,13H,2-6H2,1H3,(H,14,15). The van der Waals surface area contributed by atoms with Gasteiger partial charge in [0.2, 0.25) is 0 Å². The van der Waals surface area contributed by atoms with Crippen LogP contribution in [0.1, 0.15) is 19.3 Å². The summed E-state index contributed by atoms with van der Waals surface area (Å²) < 4.78 is 40.0.